The molecule has 10 heteroatoms. The molecule has 0 saturated heterocycles. The summed E-state index contributed by atoms with van der Waals surface area (Å²) in [5.74, 6) is 1.18. The Hall–Kier alpha value is -2.59. The minimum Gasteiger partial charge on any atom is -0.493 e. The van der Waals surface area contributed by atoms with Gasteiger partial charge in [0.05, 0.1) is 36.7 Å². The van der Waals surface area contributed by atoms with Crippen molar-refractivity contribution in [1.82, 2.24) is 15.0 Å². The molecular formula is C16H17F2N3O4S. The van der Waals surface area contributed by atoms with Crippen molar-refractivity contribution in [3.05, 3.63) is 40.9 Å². The van der Waals surface area contributed by atoms with E-state index in [-0.39, 0.29) is 11.5 Å². The van der Waals surface area contributed by atoms with E-state index < -0.39 is 17.4 Å². The van der Waals surface area contributed by atoms with E-state index in [0.29, 0.717) is 33.0 Å². The van der Waals surface area contributed by atoms with Gasteiger partial charge in [-0.2, -0.15) is 8.78 Å². The Morgan fingerprint density at radius 2 is 1.92 bits per heavy atom. The molecule has 1 unspecified atom stereocenters. The van der Waals surface area contributed by atoms with Crippen molar-refractivity contribution in [2.75, 3.05) is 14.2 Å². The molecule has 3 rings (SSSR count). The van der Waals surface area contributed by atoms with Crippen molar-refractivity contribution in [2.24, 2.45) is 0 Å². The number of alkyl halides is 2. The number of benzene rings is 1. The largest absolute Gasteiger partial charge is 0.493 e. The number of methoxy groups -OCH3 is 2. The van der Waals surface area contributed by atoms with Crippen molar-refractivity contribution in [3.63, 3.8) is 0 Å². The lowest BCUT2D eigenvalue weighted by Gasteiger charge is -2.11. The van der Waals surface area contributed by atoms with Crippen molar-refractivity contribution < 1.29 is 27.5 Å². The Morgan fingerprint density at radius 1 is 1.15 bits per heavy atom. The molecule has 1 atom stereocenters. The van der Waals surface area contributed by atoms with Gasteiger partial charge in [0.2, 0.25) is 0 Å². The Balaban J connectivity index is 1.97. The zero-order chi connectivity index (χ0) is 18.7. The van der Waals surface area contributed by atoms with Crippen molar-refractivity contribution >= 4 is 21.8 Å². The number of H-pyrrole nitrogens is 2. The first kappa shape index (κ1) is 18.2. The highest BCUT2D eigenvalue weighted by Crippen LogP contribution is 2.33. The van der Waals surface area contributed by atoms with Crippen molar-refractivity contribution in [1.29, 1.82) is 0 Å². The van der Waals surface area contributed by atoms with Gasteiger partial charge in [-0.3, -0.25) is 4.98 Å². The van der Waals surface area contributed by atoms with Crippen LogP contribution in [-0.4, -0.2) is 40.3 Å². The number of nitrogens with zero attached hydrogens (tertiary/aromatic N) is 1. The second-order valence-electron chi connectivity index (χ2n) is 5.17. The van der Waals surface area contributed by atoms with E-state index in [2.05, 4.69) is 19.7 Å². The molecule has 0 aliphatic heterocycles. The lowest BCUT2D eigenvalue weighted by Crippen LogP contribution is -2.01. The van der Waals surface area contributed by atoms with E-state index in [0.717, 1.165) is 0 Å². The minimum atomic E-state index is -2.90. The van der Waals surface area contributed by atoms with Crippen LogP contribution in [0.3, 0.4) is 0 Å². The van der Waals surface area contributed by atoms with Gasteiger partial charge in [-0.05, 0) is 22.9 Å². The summed E-state index contributed by atoms with van der Waals surface area (Å²) in [5, 5.41) is 0. The van der Waals surface area contributed by atoms with Crippen LogP contribution in [0.2, 0.25) is 0 Å². The molecule has 2 heterocycles. The standard InChI is InChI=1S/C16H17F2N3O4S/c1-23-13-5-6-19-12(14(13)24-2)8-26(22)16-20-10-4-3-9(25-15(17)18)7-11(10)21-16/h3-7,15,20-22H,8H2,1-2H3. The Kier molecular flexibility index (Phi) is 5.43. The van der Waals surface area contributed by atoms with Crippen LogP contribution in [0, 0.1) is 4.77 Å². The van der Waals surface area contributed by atoms with E-state index in [9.17, 15) is 13.3 Å². The number of hydrogen-bond acceptors (Lipinski definition) is 5. The van der Waals surface area contributed by atoms with Gasteiger partial charge in [-0.1, -0.05) is 0 Å². The molecule has 0 fully saturated rings. The fraction of sp³-hybridized carbons (Fsp3) is 0.250. The SMILES string of the molecule is COc1ccnc(CS(O)=c2[nH]c3ccc(OC(F)F)cc3[nH]2)c1OC. The Labute approximate surface area is 149 Å². The van der Waals surface area contributed by atoms with Gasteiger partial charge in [-0.15, -0.1) is 0 Å². The lowest BCUT2D eigenvalue weighted by atomic mass is 10.3. The fourth-order valence-electron chi connectivity index (χ4n) is 2.46. The number of halogens is 2. The normalized spacial score (nSPS) is 13.1. The van der Waals surface area contributed by atoms with Crippen LogP contribution in [0.4, 0.5) is 8.78 Å². The quantitative estimate of drug-likeness (QED) is 0.558. The monoisotopic (exact) mass is 385 g/mol. The maximum atomic E-state index is 12.3. The number of ether oxygens (including phenoxy) is 3. The summed E-state index contributed by atoms with van der Waals surface area (Å²) in [5.41, 5.74) is 1.72. The summed E-state index contributed by atoms with van der Waals surface area (Å²) in [7, 11) is 1.76. The zero-order valence-electron chi connectivity index (χ0n) is 14.0. The maximum Gasteiger partial charge on any atom is 0.387 e. The fourth-order valence-corrected chi connectivity index (χ4v) is 3.53. The highest BCUT2D eigenvalue weighted by molar-refractivity contribution is 8.03. The zero-order valence-corrected chi connectivity index (χ0v) is 14.8. The molecule has 26 heavy (non-hydrogen) atoms. The molecule has 0 aliphatic carbocycles. The Morgan fingerprint density at radius 3 is 2.62 bits per heavy atom. The van der Waals surface area contributed by atoms with Gasteiger partial charge in [0, 0.05) is 18.3 Å². The lowest BCUT2D eigenvalue weighted by molar-refractivity contribution is -0.0497. The summed E-state index contributed by atoms with van der Waals surface area (Å²) in [6, 6.07) is 6.11. The third-order valence-corrected chi connectivity index (χ3v) is 4.81. The van der Waals surface area contributed by atoms with Crippen LogP contribution in [0.1, 0.15) is 5.69 Å². The summed E-state index contributed by atoms with van der Waals surface area (Å²) < 4.78 is 50.5. The number of rotatable bonds is 6. The van der Waals surface area contributed by atoms with E-state index in [1.54, 1.807) is 18.3 Å². The van der Waals surface area contributed by atoms with Crippen LogP contribution < -0.4 is 14.2 Å². The number of pyridine rings is 1. The highest BCUT2D eigenvalue weighted by Gasteiger charge is 2.13. The first-order chi connectivity index (χ1) is 12.5. The minimum absolute atomic E-state index is 0.0308. The van der Waals surface area contributed by atoms with Gasteiger partial charge in [0.1, 0.15) is 5.75 Å². The van der Waals surface area contributed by atoms with Gasteiger partial charge in [-0.25, -0.2) is 0 Å². The van der Waals surface area contributed by atoms with Crippen molar-refractivity contribution in [3.8, 4) is 17.2 Å². The van der Waals surface area contributed by atoms with E-state index in [1.165, 1.54) is 26.4 Å². The number of aromatic amines is 2. The highest BCUT2D eigenvalue weighted by atomic mass is 32.2. The predicted molar refractivity (Wildman–Crippen MR) is 93.8 cm³/mol. The van der Waals surface area contributed by atoms with E-state index >= 15 is 0 Å². The molecule has 140 valence electrons. The molecule has 1 aromatic carbocycles. The number of hydrogen-bond donors (Lipinski definition) is 3. The van der Waals surface area contributed by atoms with Gasteiger partial charge >= 0.3 is 6.61 Å². The predicted octanol–water partition coefficient (Wildman–Crippen LogP) is 3.98. The molecular weight excluding hydrogens is 368 g/mol. The molecule has 0 amide bonds. The van der Waals surface area contributed by atoms with Gasteiger partial charge in [0.15, 0.2) is 16.3 Å². The topological polar surface area (TPSA) is 92.4 Å². The molecule has 3 aromatic rings. The van der Waals surface area contributed by atoms with Crippen LogP contribution in [-0.2, 0) is 5.75 Å². The van der Waals surface area contributed by atoms with Crippen LogP contribution >= 0.6 is 10.8 Å². The summed E-state index contributed by atoms with van der Waals surface area (Å²) >= 11 is 0. The maximum absolute atomic E-state index is 12.3. The number of nitrogens with one attached hydrogen (secondary N) is 2. The summed E-state index contributed by atoms with van der Waals surface area (Å²) in [6.07, 6.45) is 1.57. The molecule has 0 saturated carbocycles. The molecule has 2 aromatic heterocycles. The number of fused-ring (bicyclic) bond motifs is 1. The summed E-state index contributed by atoms with van der Waals surface area (Å²) in [4.78, 5) is 10.2. The van der Waals surface area contributed by atoms with Gasteiger partial charge in [0.25, 0.3) is 0 Å². The van der Waals surface area contributed by atoms with E-state index in [1.807, 2.05) is 0 Å². The molecule has 7 nitrogen and oxygen atoms in total. The second-order valence-corrected chi connectivity index (χ2v) is 6.59. The van der Waals surface area contributed by atoms with Crippen LogP contribution in [0.15, 0.2) is 30.5 Å². The average molecular weight is 385 g/mol. The van der Waals surface area contributed by atoms with Gasteiger partial charge < -0.3 is 28.7 Å². The molecule has 0 spiro atoms. The molecule has 0 radical (unpaired) electrons. The first-order valence-corrected chi connectivity index (χ1v) is 8.82. The molecule has 0 bridgehead atoms. The van der Waals surface area contributed by atoms with Crippen molar-refractivity contribution in [2.45, 2.75) is 12.4 Å². The first-order valence-electron chi connectivity index (χ1n) is 7.47. The summed E-state index contributed by atoms with van der Waals surface area (Å²) in [6.45, 7) is -2.90. The Bertz CT molecular complexity index is 987. The van der Waals surface area contributed by atoms with Crippen LogP contribution in [0.5, 0.6) is 17.2 Å². The molecule has 0 aliphatic rings. The third kappa shape index (κ3) is 3.81. The number of aromatic nitrogens is 3. The van der Waals surface area contributed by atoms with E-state index in [4.69, 9.17) is 9.47 Å². The van der Waals surface area contributed by atoms with Crippen LogP contribution in [0.25, 0.3) is 11.0 Å². The second kappa shape index (κ2) is 7.75. The smallest absolute Gasteiger partial charge is 0.387 e. The number of imidazole rings is 1. The molecule has 3 N–H and O–H groups in total. The third-order valence-electron chi connectivity index (χ3n) is 3.59. The average Bonchev–Trinajstić information content (AvgIpc) is 3.04.